The molecule has 4 heteroatoms. The van der Waals surface area contributed by atoms with Gasteiger partial charge in [-0.2, -0.15) is 5.10 Å². The molecule has 1 fully saturated rings. The summed E-state index contributed by atoms with van der Waals surface area (Å²) in [6.07, 6.45) is 12.5. The van der Waals surface area contributed by atoms with Crippen molar-refractivity contribution in [2.24, 2.45) is 11.8 Å². The highest BCUT2D eigenvalue weighted by molar-refractivity contribution is 5.06. The summed E-state index contributed by atoms with van der Waals surface area (Å²) < 4.78 is 2.09. The van der Waals surface area contributed by atoms with Crippen molar-refractivity contribution >= 4 is 0 Å². The van der Waals surface area contributed by atoms with Crippen molar-refractivity contribution in [3.8, 4) is 0 Å². The van der Waals surface area contributed by atoms with Crippen LogP contribution in [-0.2, 0) is 6.54 Å². The van der Waals surface area contributed by atoms with Crippen molar-refractivity contribution in [1.29, 1.82) is 0 Å². The lowest BCUT2D eigenvalue weighted by atomic mass is 9.85. The highest BCUT2D eigenvalue weighted by Crippen LogP contribution is 2.30. The summed E-state index contributed by atoms with van der Waals surface area (Å²) in [6, 6.07) is 2.34. The molecule has 0 bridgehead atoms. The first kappa shape index (κ1) is 14.5. The standard InChI is InChI=1S/C15H28N4/c1-2-12-19-15(10-11-17-19)14(18-16)9-8-13-6-4-3-5-7-13/h10-11,13-14,18H,2-9,12,16H2,1H3. The summed E-state index contributed by atoms with van der Waals surface area (Å²) >= 11 is 0. The predicted octanol–water partition coefficient (Wildman–Crippen LogP) is 3.16. The summed E-state index contributed by atoms with van der Waals surface area (Å²) in [5.74, 6) is 6.66. The molecule has 0 aliphatic heterocycles. The number of aryl methyl sites for hydroxylation is 1. The van der Waals surface area contributed by atoms with E-state index >= 15 is 0 Å². The zero-order valence-electron chi connectivity index (χ0n) is 12.1. The minimum absolute atomic E-state index is 0.246. The largest absolute Gasteiger partial charge is 0.271 e. The Balaban J connectivity index is 1.89. The van der Waals surface area contributed by atoms with Crippen LogP contribution in [0.4, 0.5) is 0 Å². The van der Waals surface area contributed by atoms with Gasteiger partial charge in [-0.3, -0.25) is 16.0 Å². The first-order chi connectivity index (χ1) is 9.35. The van der Waals surface area contributed by atoms with E-state index in [1.165, 1.54) is 44.2 Å². The molecular formula is C15H28N4. The van der Waals surface area contributed by atoms with Gasteiger partial charge in [0.05, 0.1) is 11.7 Å². The lowest BCUT2D eigenvalue weighted by molar-refractivity contribution is 0.310. The topological polar surface area (TPSA) is 55.9 Å². The smallest absolute Gasteiger partial charge is 0.0629 e. The molecule has 0 saturated heterocycles. The summed E-state index contributed by atoms with van der Waals surface area (Å²) in [7, 11) is 0. The average Bonchev–Trinajstić information content (AvgIpc) is 2.90. The summed E-state index contributed by atoms with van der Waals surface area (Å²) in [5, 5.41) is 4.39. The van der Waals surface area contributed by atoms with Crippen LogP contribution < -0.4 is 11.3 Å². The molecule has 2 rings (SSSR count). The Labute approximate surface area is 116 Å². The van der Waals surface area contributed by atoms with E-state index in [0.29, 0.717) is 0 Å². The van der Waals surface area contributed by atoms with Crippen molar-refractivity contribution in [2.45, 2.75) is 70.9 Å². The third-order valence-corrected chi connectivity index (χ3v) is 4.33. The first-order valence-corrected chi connectivity index (χ1v) is 7.83. The second kappa shape index (κ2) is 7.65. The van der Waals surface area contributed by atoms with E-state index in [1.807, 2.05) is 6.20 Å². The van der Waals surface area contributed by atoms with Crippen LogP contribution in [0.3, 0.4) is 0 Å². The Kier molecular flexibility index (Phi) is 5.86. The van der Waals surface area contributed by atoms with Crippen molar-refractivity contribution in [3.63, 3.8) is 0 Å². The van der Waals surface area contributed by atoms with E-state index in [-0.39, 0.29) is 6.04 Å². The van der Waals surface area contributed by atoms with Crippen LogP contribution in [0.1, 0.15) is 70.0 Å². The third kappa shape index (κ3) is 4.05. The number of hydrogen-bond donors (Lipinski definition) is 2. The van der Waals surface area contributed by atoms with Gasteiger partial charge in [0, 0.05) is 12.7 Å². The molecule has 3 N–H and O–H groups in total. The molecule has 1 unspecified atom stereocenters. The van der Waals surface area contributed by atoms with Crippen LogP contribution in [-0.4, -0.2) is 9.78 Å². The summed E-state index contributed by atoms with van der Waals surface area (Å²) in [4.78, 5) is 0. The van der Waals surface area contributed by atoms with Crippen molar-refractivity contribution < 1.29 is 0 Å². The monoisotopic (exact) mass is 264 g/mol. The maximum atomic E-state index is 5.75. The number of aromatic nitrogens is 2. The van der Waals surface area contributed by atoms with E-state index in [0.717, 1.165) is 25.3 Å². The van der Waals surface area contributed by atoms with Gasteiger partial charge in [-0.25, -0.2) is 0 Å². The van der Waals surface area contributed by atoms with Crippen LogP contribution in [0.2, 0.25) is 0 Å². The lowest BCUT2D eigenvalue weighted by Crippen LogP contribution is -2.30. The fourth-order valence-corrected chi connectivity index (χ4v) is 3.23. The van der Waals surface area contributed by atoms with Crippen molar-refractivity contribution in [1.82, 2.24) is 15.2 Å². The van der Waals surface area contributed by atoms with Crippen LogP contribution in [0, 0.1) is 5.92 Å². The van der Waals surface area contributed by atoms with Crippen LogP contribution in [0.25, 0.3) is 0 Å². The van der Waals surface area contributed by atoms with Gasteiger partial charge in [-0.15, -0.1) is 0 Å². The SMILES string of the molecule is CCCn1nccc1C(CCC1CCCCC1)NN. The maximum absolute atomic E-state index is 5.75. The van der Waals surface area contributed by atoms with Crippen LogP contribution >= 0.6 is 0 Å². The molecule has 1 aliphatic carbocycles. The molecular weight excluding hydrogens is 236 g/mol. The molecule has 1 aromatic heterocycles. The molecule has 1 aliphatic rings. The number of hydrogen-bond acceptors (Lipinski definition) is 3. The molecule has 0 radical (unpaired) electrons. The molecule has 1 aromatic rings. The molecule has 0 amide bonds. The highest BCUT2D eigenvalue weighted by Gasteiger charge is 2.18. The van der Waals surface area contributed by atoms with Gasteiger partial charge >= 0.3 is 0 Å². The van der Waals surface area contributed by atoms with Gasteiger partial charge < -0.3 is 0 Å². The quantitative estimate of drug-likeness (QED) is 0.587. The van der Waals surface area contributed by atoms with E-state index < -0.39 is 0 Å². The van der Waals surface area contributed by atoms with E-state index in [4.69, 9.17) is 5.84 Å². The highest BCUT2D eigenvalue weighted by atomic mass is 15.3. The van der Waals surface area contributed by atoms with Gasteiger partial charge in [-0.1, -0.05) is 39.0 Å². The minimum atomic E-state index is 0.246. The fourth-order valence-electron chi connectivity index (χ4n) is 3.23. The second-order valence-electron chi connectivity index (χ2n) is 5.78. The Bertz CT molecular complexity index is 355. The molecule has 0 aromatic carbocycles. The summed E-state index contributed by atoms with van der Waals surface area (Å²) in [6.45, 7) is 3.16. The van der Waals surface area contributed by atoms with Gasteiger partial charge in [0.25, 0.3) is 0 Å². The molecule has 0 spiro atoms. The number of hydrazine groups is 1. The average molecular weight is 264 g/mol. The maximum Gasteiger partial charge on any atom is 0.0629 e. The molecule has 4 nitrogen and oxygen atoms in total. The molecule has 1 heterocycles. The number of nitrogens with zero attached hydrogens (tertiary/aromatic N) is 2. The Hall–Kier alpha value is -0.870. The van der Waals surface area contributed by atoms with E-state index in [2.05, 4.69) is 28.2 Å². The van der Waals surface area contributed by atoms with E-state index in [1.54, 1.807) is 0 Å². The number of nitrogens with two attached hydrogens (primary N) is 1. The Morgan fingerprint density at radius 1 is 1.42 bits per heavy atom. The number of nitrogens with one attached hydrogen (secondary N) is 1. The lowest BCUT2D eigenvalue weighted by Gasteiger charge is -2.24. The van der Waals surface area contributed by atoms with Crippen molar-refractivity contribution in [3.05, 3.63) is 18.0 Å². The second-order valence-corrected chi connectivity index (χ2v) is 5.78. The zero-order chi connectivity index (χ0) is 13.5. The van der Waals surface area contributed by atoms with Crippen LogP contribution in [0.15, 0.2) is 12.3 Å². The molecule has 19 heavy (non-hydrogen) atoms. The molecule has 108 valence electrons. The normalized spacial score (nSPS) is 18.6. The molecule has 1 saturated carbocycles. The number of rotatable bonds is 7. The Morgan fingerprint density at radius 3 is 2.89 bits per heavy atom. The van der Waals surface area contributed by atoms with E-state index in [9.17, 15) is 0 Å². The van der Waals surface area contributed by atoms with Gasteiger partial charge in [0.2, 0.25) is 0 Å². The van der Waals surface area contributed by atoms with Crippen molar-refractivity contribution in [2.75, 3.05) is 0 Å². The first-order valence-electron chi connectivity index (χ1n) is 7.83. The van der Waals surface area contributed by atoms with Gasteiger partial charge in [-0.05, 0) is 31.2 Å². The zero-order valence-corrected chi connectivity index (χ0v) is 12.1. The fraction of sp³-hybridized carbons (Fsp3) is 0.800. The third-order valence-electron chi connectivity index (χ3n) is 4.33. The molecule has 1 atom stereocenters. The minimum Gasteiger partial charge on any atom is -0.271 e. The summed E-state index contributed by atoms with van der Waals surface area (Å²) in [5.41, 5.74) is 4.22. The predicted molar refractivity (Wildman–Crippen MR) is 78.4 cm³/mol. The Morgan fingerprint density at radius 2 is 2.21 bits per heavy atom. The van der Waals surface area contributed by atoms with Crippen LogP contribution in [0.5, 0.6) is 0 Å². The van der Waals surface area contributed by atoms with Gasteiger partial charge in [0.15, 0.2) is 0 Å². The van der Waals surface area contributed by atoms with Gasteiger partial charge in [0.1, 0.15) is 0 Å².